The van der Waals surface area contributed by atoms with Crippen LogP contribution in [0.2, 0.25) is 0 Å². The Kier molecular flexibility index (Phi) is 3.75. The van der Waals surface area contributed by atoms with Gasteiger partial charge < -0.3 is 15.0 Å². The van der Waals surface area contributed by atoms with E-state index in [1.165, 1.54) is 42.7 Å². The quantitative estimate of drug-likeness (QED) is 0.298. The number of nitrogens with zero attached hydrogens (tertiary/aromatic N) is 2. The van der Waals surface area contributed by atoms with Gasteiger partial charge in [0, 0.05) is 17.7 Å². The van der Waals surface area contributed by atoms with Crippen LogP contribution >= 0.6 is 0 Å². The first-order chi connectivity index (χ1) is 9.58. The zero-order chi connectivity index (χ0) is 14.5. The van der Waals surface area contributed by atoms with Crippen molar-refractivity contribution in [2.24, 2.45) is 10.9 Å². The van der Waals surface area contributed by atoms with Gasteiger partial charge in [-0.15, -0.1) is 0 Å². The Hall–Kier alpha value is -3.16. The van der Waals surface area contributed by atoms with Crippen LogP contribution in [0.3, 0.4) is 0 Å². The van der Waals surface area contributed by atoms with E-state index in [2.05, 4.69) is 9.99 Å². The van der Waals surface area contributed by atoms with E-state index in [4.69, 9.17) is 10.2 Å². The number of nitro benzene ring substituents is 1. The van der Waals surface area contributed by atoms with Crippen LogP contribution in [0, 0.1) is 10.1 Å². The number of hydrogen-bond acceptors (Lipinski definition) is 6. The molecule has 1 aromatic carbocycles. The molecule has 2 rings (SSSR count). The first-order valence-corrected chi connectivity index (χ1v) is 5.41. The molecule has 8 heteroatoms. The third-order valence-electron chi connectivity index (χ3n) is 2.32. The first kappa shape index (κ1) is 13.3. The van der Waals surface area contributed by atoms with Crippen LogP contribution in [0.1, 0.15) is 16.1 Å². The molecule has 2 aromatic rings. The van der Waals surface area contributed by atoms with Gasteiger partial charge in [0.2, 0.25) is 5.76 Å². The van der Waals surface area contributed by atoms with Crippen molar-refractivity contribution in [3.8, 4) is 0 Å². The predicted molar refractivity (Wildman–Crippen MR) is 67.9 cm³/mol. The molecule has 102 valence electrons. The van der Waals surface area contributed by atoms with Gasteiger partial charge in [0.1, 0.15) is 0 Å². The van der Waals surface area contributed by atoms with Crippen molar-refractivity contribution in [2.45, 2.75) is 0 Å². The van der Waals surface area contributed by atoms with E-state index < -0.39 is 10.9 Å². The highest BCUT2D eigenvalue weighted by Crippen LogP contribution is 2.12. The molecule has 0 atom stereocenters. The average Bonchev–Trinajstić information content (AvgIpc) is 2.98. The summed E-state index contributed by atoms with van der Waals surface area (Å²) in [5.74, 6) is -0.884. The highest BCUT2D eigenvalue weighted by atomic mass is 16.7. The summed E-state index contributed by atoms with van der Waals surface area (Å²) >= 11 is 0. The number of nitro groups is 1. The molecule has 20 heavy (non-hydrogen) atoms. The molecule has 0 aliphatic heterocycles. The standard InChI is InChI=1S/C12H9N3O5/c13-11(8-3-5-9(6-4-8)15(17)18)14-20-12(16)10-2-1-7-19-10/h1-7H,(H2,13,14). The minimum atomic E-state index is -0.792. The van der Waals surface area contributed by atoms with E-state index in [0.29, 0.717) is 5.56 Å². The summed E-state index contributed by atoms with van der Waals surface area (Å²) < 4.78 is 4.82. The smallest absolute Gasteiger partial charge is 0.400 e. The Bertz CT molecular complexity index is 646. The SMILES string of the molecule is N/C(=N\OC(=O)c1ccco1)c1ccc([N+](=O)[O-])cc1. The minimum absolute atomic E-state index is 0.00903. The van der Waals surface area contributed by atoms with Crippen LogP contribution in [0.5, 0.6) is 0 Å². The molecule has 8 nitrogen and oxygen atoms in total. The molecule has 0 aliphatic carbocycles. The largest absolute Gasteiger partial charge is 0.457 e. The van der Waals surface area contributed by atoms with Crippen LogP contribution in [-0.4, -0.2) is 16.7 Å². The molecule has 2 N–H and O–H groups in total. The molecule has 0 unspecified atom stereocenters. The van der Waals surface area contributed by atoms with E-state index in [1.807, 2.05) is 0 Å². The van der Waals surface area contributed by atoms with Gasteiger partial charge in [-0.05, 0) is 24.3 Å². The lowest BCUT2D eigenvalue weighted by Crippen LogP contribution is -2.15. The molecule has 0 bridgehead atoms. The number of oxime groups is 1. The fourth-order valence-electron chi connectivity index (χ4n) is 1.34. The lowest BCUT2D eigenvalue weighted by molar-refractivity contribution is -0.384. The van der Waals surface area contributed by atoms with Crippen LogP contribution < -0.4 is 5.73 Å². The number of nitrogens with two attached hydrogens (primary N) is 1. The summed E-state index contributed by atoms with van der Waals surface area (Å²) in [6, 6.07) is 8.29. The highest BCUT2D eigenvalue weighted by Gasteiger charge is 2.11. The van der Waals surface area contributed by atoms with Crippen molar-refractivity contribution in [1.29, 1.82) is 0 Å². The van der Waals surface area contributed by atoms with E-state index in [0.717, 1.165) is 0 Å². The monoisotopic (exact) mass is 275 g/mol. The second kappa shape index (κ2) is 5.65. The van der Waals surface area contributed by atoms with E-state index in [1.54, 1.807) is 0 Å². The topological polar surface area (TPSA) is 121 Å². The number of hydrogen-bond donors (Lipinski definition) is 1. The van der Waals surface area contributed by atoms with Gasteiger partial charge in [0.15, 0.2) is 5.84 Å². The van der Waals surface area contributed by atoms with Crippen molar-refractivity contribution in [1.82, 2.24) is 0 Å². The number of benzene rings is 1. The second-order valence-corrected chi connectivity index (χ2v) is 3.64. The normalized spacial score (nSPS) is 11.1. The number of non-ortho nitro benzene ring substituents is 1. The second-order valence-electron chi connectivity index (χ2n) is 3.64. The van der Waals surface area contributed by atoms with Crippen molar-refractivity contribution in [3.63, 3.8) is 0 Å². The Morgan fingerprint density at radius 2 is 2.00 bits per heavy atom. The van der Waals surface area contributed by atoms with Crippen LogP contribution in [0.25, 0.3) is 0 Å². The van der Waals surface area contributed by atoms with E-state index >= 15 is 0 Å². The fraction of sp³-hybridized carbons (Fsp3) is 0. The van der Waals surface area contributed by atoms with Gasteiger partial charge in [0.05, 0.1) is 11.2 Å². The molecule has 0 aliphatic rings. The Balaban J connectivity index is 2.06. The third kappa shape index (κ3) is 2.99. The lowest BCUT2D eigenvalue weighted by atomic mass is 10.2. The molecular formula is C12H9N3O5. The van der Waals surface area contributed by atoms with Gasteiger partial charge in [0.25, 0.3) is 5.69 Å². The van der Waals surface area contributed by atoms with Gasteiger partial charge in [-0.25, -0.2) is 4.79 Å². The summed E-state index contributed by atoms with van der Waals surface area (Å²) in [7, 11) is 0. The molecule has 0 amide bonds. The number of furan rings is 1. The molecule has 0 saturated heterocycles. The predicted octanol–water partition coefficient (Wildman–Crippen LogP) is 1.67. The maximum absolute atomic E-state index is 11.4. The Morgan fingerprint density at radius 3 is 2.55 bits per heavy atom. The molecule has 1 heterocycles. The van der Waals surface area contributed by atoms with Crippen molar-refractivity contribution in [2.75, 3.05) is 0 Å². The summed E-state index contributed by atoms with van der Waals surface area (Å²) in [6.07, 6.45) is 1.32. The summed E-state index contributed by atoms with van der Waals surface area (Å²) in [6.45, 7) is 0. The van der Waals surface area contributed by atoms with Gasteiger partial charge in [-0.3, -0.25) is 10.1 Å². The van der Waals surface area contributed by atoms with Crippen molar-refractivity contribution >= 4 is 17.5 Å². The Labute approximate surface area is 112 Å². The number of carbonyl (C=O) groups is 1. The van der Waals surface area contributed by atoms with Gasteiger partial charge >= 0.3 is 5.97 Å². The zero-order valence-corrected chi connectivity index (χ0v) is 10.1. The van der Waals surface area contributed by atoms with E-state index in [-0.39, 0.29) is 17.3 Å². The summed E-state index contributed by atoms with van der Waals surface area (Å²) in [4.78, 5) is 26.0. The fourth-order valence-corrected chi connectivity index (χ4v) is 1.34. The van der Waals surface area contributed by atoms with E-state index in [9.17, 15) is 14.9 Å². The lowest BCUT2D eigenvalue weighted by Gasteiger charge is -1.99. The third-order valence-corrected chi connectivity index (χ3v) is 2.32. The molecule has 0 fully saturated rings. The van der Waals surface area contributed by atoms with Crippen LogP contribution in [-0.2, 0) is 4.84 Å². The van der Waals surface area contributed by atoms with Gasteiger partial charge in [-0.2, -0.15) is 0 Å². The summed E-state index contributed by atoms with van der Waals surface area (Å²) in [5, 5.41) is 13.9. The number of carbonyl (C=O) groups excluding carboxylic acids is 1. The molecule has 0 spiro atoms. The zero-order valence-electron chi connectivity index (χ0n) is 10.1. The summed E-state index contributed by atoms with van der Waals surface area (Å²) in [5.41, 5.74) is 5.91. The number of rotatable bonds is 4. The van der Waals surface area contributed by atoms with Crippen molar-refractivity contribution < 1.29 is 19.0 Å². The molecule has 1 aromatic heterocycles. The molecule has 0 saturated carbocycles. The average molecular weight is 275 g/mol. The Morgan fingerprint density at radius 1 is 1.30 bits per heavy atom. The minimum Gasteiger partial charge on any atom is -0.457 e. The molecular weight excluding hydrogens is 266 g/mol. The maximum atomic E-state index is 11.4. The first-order valence-electron chi connectivity index (χ1n) is 5.41. The van der Waals surface area contributed by atoms with Gasteiger partial charge in [-0.1, -0.05) is 5.16 Å². The van der Waals surface area contributed by atoms with Crippen molar-refractivity contribution in [3.05, 3.63) is 64.1 Å². The molecule has 0 radical (unpaired) electrons. The van der Waals surface area contributed by atoms with Crippen LogP contribution in [0.15, 0.2) is 52.2 Å². The maximum Gasteiger partial charge on any atom is 0.400 e. The number of amidine groups is 1. The highest BCUT2D eigenvalue weighted by molar-refractivity contribution is 5.98. The van der Waals surface area contributed by atoms with Crippen LogP contribution in [0.4, 0.5) is 5.69 Å².